The first-order valence-corrected chi connectivity index (χ1v) is 7.46. The van der Waals surface area contributed by atoms with E-state index in [0.29, 0.717) is 30.6 Å². The first kappa shape index (κ1) is 14.0. The van der Waals surface area contributed by atoms with Crippen LogP contribution >= 0.6 is 0 Å². The minimum atomic E-state index is -3.49. The maximum atomic E-state index is 12.4. The van der Waals surface area contributed by atoms with Gasteiger partial charge in [0.05, 0.1) is 22.6 Å². The van der Waals surface area contributed by atoms with Crippen LogP contribution in [0.15, 0.2) is 23.1 Å². The van der Waals surface area contributed by atoms with Gasteiger partial charge in [-0.25, -0.2) is 8.42 Å². The summed E-state index contributed by atoms with van der Waals surface area (Å²) in [5, 5.41) is 8.86. The maximum Gasteiger partial charge on any atom is 0.243 e. The molecule has 0 aliphatic carbocycles. The smallest absolute Gasteiger partial charge is 0.243 e. The zero-order valence-electron chi connectivity index (χ0n) is 11.0. The van der Waals surface area contributed by atoms with Gasteiger partial charge in [-0.1, -0.05) is 0 Å². The average Bonchev–Trinajstić information content (AvgIpc) is 2.88. The third kappa shape index (κ3) is 2.63. The molecule has 102 valence electrons. The molecule has 1 aromatic carbocycles. The van der Waals surface area contributed by atoms with Gasteiger partial charge in [0.25, 0.3) is 0 Å². The molecule has 2 rings (SSSR count). The van der Waals surface area contributed by atoms with Crippen molar-refractivity contribution in [2.24, 2.45) is 0 Å². The van der Waals surface area contributed by atoms with Crippen molar-refractivity contribution in [1.29, 1.82) is 5.26 Å². The molecule has 1 aliphatic rings. The van der Waals surface area contributed by atoms with Gasteiger partial charge in [0.2, 0.25) is 10.0 Å². The van der Waals surface area contributed by atoms with Crippen LogP contribution in [0.3, 0.4) is 0 Å². The summed E-state index contributed by atoms with van der Waals surface area (Å²) >= 11 is 0. The fourth-order valence-electron chi connectivity index (χ4n) is 2.18. The lowest BCUT2D eigenvalue weighted by Crippen LogP contribution is -2.30. The summed E-state index contributed by atoms with van der Waals surface area (Å²) in [5.41, 5.74) is 1.17. The number of hydrogen-bond donors (Lipinski definition) is 0. The van der Waals surface area contributed by atoms with Crippen LogP contribution in [0.1, 0.15) is 17.5 Å². The van der Waals surface area contributed by atoms with Crippen molar-refractivity contribution in [3.05, 3.63) is 29.3 Å². The summed E-state index contributed by atoms with van der Waals surface area (Å²) < 4.78 is 31.5. The van der Waals surface area contributed by atoms with E-state index in [1.807, 2.05) is 6.07 Å². The highest BCUT2D eigenvalue weighted by atomic mass is 32.2. The van der Waals surface area contributed by atoms with Crippen LogP contribution in [0.25, 0.3) is 0 Å². The predicted octanol–water partition coefficient (Wildman–Crippen LogP) is 1.28. The lowest BCUT2D eigenvalue weighted by molar-refractivity contribution is 0.115. The molecular weight excluding hydrogens is 264 g/mol. The number of rotatable bonds is 3. The second kappa shape index (κ2) is 5.29. The van der Waals surface area contributed by atoms with Gasteiger partial charge in [0.15, 0.2) is 0 Å². The van der Waals surface area contributed by atoms with E-state index >= 15 is 0 Å². The second-order valence-corrected chi connectivity index (χ2v) is 6.54. The zero-order valence-corrected chi connectivity index (χ0v) is 11.8. The van der Waals surface area contributed by atoms with Crippen LogP contribution in [0.4, 0.5) is 0 Å². The zero-order chi connectivity index (χ0) is 14.0. The number of sulfonamides is 1. The van der Waals surface area contributed by atoms with Crippen LogP contribution in [-0.4, -0.2) is 39.0 Å². The van der Waals surface area contributed by atoms with Gasteiger partial charge in [-0.3, -0.25) is 0 Å². The average molecular weight is 280 g/mol. The van der Waals surface area contributed by atoms with Gasteiger partial charge in [0.1, 0.15) is 0 Å². The van der Waals surface area contributed by atoms with Crippen LogP contribution < -0.4 is 0 Å². The monoisotopic (exact) mass is 280 g/mol. The normalized spacial score (nSPS) is 20.4. The van der Waals surface area contributed by atoms with E-state index in [0.717, 1.165) is 0 Å². The number of ether oxygens (including phenoxy) is 1. The Morgan fingerprint density at radius 2 is 2.21 bits per heavy atom. The Balaban J connectivity index is 2.31. The van der Waals surface area contributed by atoms with Crippen molar-refractivity contribution >= 4 is 10.0 Å². The quantitative estimate of drug-likeness (QED) is 0.836. The van der Waals surface area contributed by atoms with E-state index in [2.05, 4.69) is 0 Å². The van der Waals surface area contributed by atoms with E-state index in [9.17, 15) is 8.42 Å². The lowest BCUT2D eigenvalue weighted by atomic mass is 10.1. The van der Waals surface area contributed by atoms with E-state index in [1.54, 1.807) is 26.2 Å². The van der Waals surface area contributed by atoms with Crippen molar-refractivity contribution in [3.63, 3.8) is 0 Å². The molecule has 0 aromatic heterocycles. The van der Waals surface area contributed by atoms with Crippen LogP contribution in [0.2, 0.25) is 0 Å². The number of hydrogen-bond acceptors (Lipinski definition) is 4. The first-order chi connectivity index (χ1) is 8.98. The van der Waals surface area contributed by atoms with Crippen molar-refractivity contribution in [1.82, 2.24) is 4.31 Å². The predicted molar refractivity (Wildman–Crippen MR) is 70.1 cm³/mol. The summed E-state index contributed by atoms with van der Waals surface area (Å²) in [4.78, 5) is 0.237. The molecule has 1 aliphatic heterocycles. The molecule has 0 N–H and O–H groups in total. The molecule has 0 amide bonds. The van der Waals surface area contributed by atoms with Crippen LogP contribution in [0, 0.1) is 18.3 Å². The Hall–Kier alpha value is -1.42. The topological polar surface area (TPSA) is 70.4 Å². The second-order valence-electron chi connectivity index (χ2n) is 4.60. The van der Waals surface area contributed by atoms with Crippen LogP contribution in [0.5, 0.6) is 0 Å². The van der Waals surface area contributed by atoms with E-state index < -0.39 is 10.0 Å². The minimum Gasteiger partial charge on any atom is -0.380 e. The number of nitriles is 1. The third-order valence-corrected chi connectivity index (χ3v) is 5.26. The molecule has 1 saturated heterocycles. The molecule has 19 heavy (non-hydrogen) atoms. The lowest BCUT2D eigenvalue weighted by Gasteiger charge is -2.16. The number of benzene rings is 1. The SMILES string of the molecule is COC1CCN(S(=O)(=O)c2ccc(C#N)c(C)c2)C1. The highest BCUT2D eigenvalue weighted by Gasteiger charge is 2.32. The maximum absolute atomic E-state index is 12.4. The Morgan fingerprint density at radius 1 is 1.47 bits per heavy atom. The van der Waals surface area contributed by atoms with Gasteiger partial charge in [-0.05, 0) is 37.1 Å². The third-order valence-electron chi connectivity index (χ3n) is 3.40. The first-order valence-electron chi connectivity index (χ1n) is 6.02. The Labute approximate surface area is 113 Å². The summed E-state index contributed by atoms with van der Waals surface area (Å²) in [5.74, 6) is 0. The number of nitrogens with zero attached hydrogens (tertiary/aromatic N) is 2. The Kier molecular flexibility index (Phi) is 3.90. The highest BCUT2D eigenvalue weighted by molar-refractivity contribution is 7.89. The van der Waals surface area contributed by atoms with E-state index in [1.165, 1.54) is 10.4 Å². The molecule has 6 heteroatoms. The standard InChI is InChI=1S/C13H16N2O3S/c1-10-7-13(4-3-11(10)8-14)19(16,17)15-6-5-12(9-15)18-2/h3-4,7,12H,5-6,9H2,1-2H3. The summed E-state index contributed by atoms with van der Waals surface area (Å²) in [6.45, 7) is 2.59. The molecule has 0 spiro atoms. The molecule has 1 heterocycles. The fraction of sp³-hybridized carbons (Fsp3) is 0.462. The van der Waals surface area contributed by atoms with Gasteiger partial charge in [-0.15, -0.1) is 0 Å². The van der Waals surface area contributed by atoms with Crippen molar-refractivity contribution in [2.45, 2.75) is 24.3 Å². The van der Waals surface area contributed by atoms with E-state index in [-0.39, 0.29) is 11.0 Å². The highest BCUT2D eigenvalue weighted by Crippen LogP contribution is 2.23. The molecule has 5 nitrogen and oxygen atoms in total. The molecule has 0 radical (unpaired) electrons. The largest absolute Gasteiger partial charge is 0.380 e. The molecule has 1 aromatic rings. The molecule has 0 bridgehead atoms. The van der Waals surface area contributed by atoms with Gasteiger partial charge < -0.3 is 4.74 Å². The Morgan fingerprint density at radius 3 is 2.74 bits per heavy atom. The fourth-order valence-corrected chi connectivity index (χ4v) is 3.75. The number of aryl methyl sites for hydroxylation is 1. The van der Waals surface area contributed by atoms with Crippen molar-refractivity contribution < 1.29 is 13.2 Å². The Bertz CT molecular complexity index is 619. The van der Waals surface area contributed by atoms with Gasteiger partial charge >= 0.3 is 0 Å². The minimum absolute atomic E-state index is 0.0331. The van der Waals surface area contributed by atoms with Crippen molar-refractivity contribution in [2.75, 3.05) is 20.2 Å². The van der Waals surface area contributed by atoms with Crippen molar-refractivity contribution in [3.8, 4) is 6.07 Å². The molecule has 1 fully saturated rings. The summed E-state index contributed by atoms with van der Waals surface area (Å²) in [6, 6.07) is 6.62. The number of methoxy groups -OCH3 is 1. The molecule has 1 atom stereocenters. The summed E-state index contributed by atoms with van der Waals surface area (Å²) in [7, 11) is -1.90. The van der Waals surface area contributed by atoms with Gasteiger partial charge in [-0.2, -0.15) is 9.57 Å². The molecular formula is C13H16N2O3S. The molecule has 1 unspecified atom stereocenters. The van der Waals surface area contributed by atoms with E-state index in [4.69, 9.17) is 10.00 Å². The van der Waals surface area contributed by atoms with Crippen LogP contribution in [-0.2, 0) is 14.8 Å². The summed E-state index contributed by atoms with van der Waals surface area (Å²) in [6.07, 6.45) is 0.680. The molecule has 0 saturated carbocycles. The van der Waals surface area contributed by atoms with Gasteiger partial charge in [0, 0.05) is 20.2 Å².